The fourth-order valence-corrected chi connectivity index (χ4v) is 7.74. The van der Waals surface area contributed by atoms with Crippen molar-refractivity contribution in [1.82, 2.24) is 5.16 Å². The number of aromatic nitrogens is 1. The highest BCUT2D eigenvalue weighted by molar-refractivity contribution is 5.87. The zero-order chi connectivity index (χ0) is 20.9. The molecule has 5 rings (SSSR count). The summed E-state index contributed by atoms with van der Waals surface area (Å²) in [7, 11) is 0. The van der Waals surface area contributed by atoms with E-state index in [-0.39, 0.29) is 5.41 Å². The van der Waals surface area contributed by atoms with E-state index in [1.54, 1.807) is 0 Å². The van der Waals surface area contributed by atoms with Gasteiger partial charge in [-0.2, -0.15) is 0 Å². The van der Waals surface area contributed by atoms with Gasteiger partial charge in [0.15, 0.2) is 0 Å². The quantitative estimate of drug-likeness (QED) is 0.483. The standard InChI is InChI=1S/C25H36N2O3/c1-16-14-19(27-30-16)10-13-29-26-18-8-11-24(2)17(15-18)4-5-20-21-6-7-23(28)25(21,3)12-9-22(20)24/h14,17,20-22H,4-13,15H2,1-3H3. The van der Waals surface area contributed by atoms with Crippen molar-refractivity contribution in [2.75, 3.05) is 6.61 Å². The first kappa shape index (κ1) is 20.3. The zero-order valence-corrected chi connectivity index (χ0v) is 18.8. The molecule has 0 bridgehead atoms. The fraction of sp³-hybridized carbons (Fsp3) is 0.800. The van der Waals surface area contributed by atoms with Gasteiger partial charge in [0.2, 0.25) is 0 Å². The van der Waals surface area contributed by atoms with E-state index in [1.807, 2.05) is 13.0 Å². The number of Topliss-reactive ketones (excluding diaryl/α,β-unsaturated/α-hetero) is 1. The minimum absolute atomic E-state index is 0.0120. The molecule has 0 aromatic carbocycles. The first-order valence-electron chi connectivity index (χ1n) is 12.0. The molecule has 0 saturated heterocycles. The van der Waals surface area contributed by atoms with Crippen LogP contribution in [0.1, 0.15) is 83.1 Å². The highest BCUT2D eigenvalue weighted by Gasteiger charge is 2.60. The summed E-state index contributed by atoms with van der Waals surface area (Å²) in [5.41, 5.74) is 2.57. The van der Waals surface area contributed by atoms with Gasteiger partial charge in [0.1, 0.15) is 18.2 Å². The lowest BCUT2D eigenvalue weighted by atomic mass is 9.45. The molecule has 6 atom stereocenters. The topological polar surface area (TPSA) is 64.7 Å². The van der Waals surface area contributed by atoms with E-state index in [9.17, 15) is 4.79 Å². The molecule has 0 N–H and O–H groups in total. The molecule has 4 aliphatic rings. The largest absolute Gasteiger partial charge is 0.395 e. The molecule has 1 aromatic heterocycles. The third-order valence-electron chi connectivity index (χ3n) is 9.53. The van der Waals surface area contributed by atoms with Crippen LogP contribution in [-0.4, -0.2) is 23.3 Å². The molecule has 5 heteroatoms. The van der Waals surface area contributed by atoms with Gasteiger partial charge in [0.25, 0.3) is 0 Å². The number of hydrogen-bond donors (Lipinski definition) is 0. The maximum atomic E-state index is 12.6. The molecule has 5 nitrogen and oxygen atoms in total. The second-order valence-corrected chi connectivity index (χ2v) is 10.9. The molecule has 1 aromatic rings. The van der Waals surface area contributed by atoms with Crippen molar-refractivity contribution in [1.29, 1.82) is 0 Å². The van der Waals surface area contributed by atoms with Crippen molar-refractivity contribution in [3.63, 3.8) is 0 Å². The minimum atomic E-state index is -0.0120. The third-order valence-corrected chi connectivity index (χ3v) is 9.53. The van der Waals surface area contributed by atoms with E-state index < -0.39 is 0 Å². The molecular formula is C25H36N2O3. The van der Waals surface area contributed by atoms with Gasteiger partial charge in [-0.1, -0.05) is 24.2 Å². The van der Waals surface area contributed by atoms with Gasteiger partial charge in [-0.15, -0.1) is 0 Å². The van der Waals surface area contributed by atoms with Gasteiger partial charge >= 0.3 is 0 Å². The SMILES string of the molecule is Cc1cc(CCON=C2CCC3(C)C(CCC4C5CCC(=O)C5(C)CCC43)C2)no1. The summed E-state index contributed by atoms with van der Waals surface area (Å²) in [5, 5.41) is 8.53. The predicted molar refractivity (Wildman–Crippen MR) is 115 cm³/mol. The summed E-state index contributed by atoms with van der Waals surface area (Å²) in [6.07, 6.45) is 11.0. The van der Waals surface area contributed by atoms with Crippen molar-refractivity contribution in [3.8, 4) is 0 Å². The Bertz CT molecular complexity index is 845. The lowest BCUT2D eigenvalue weighted by Crippen LogP contribution is -2.53. The summed E-state index contributed by atoms with van der Waals surface area (Å²) in [4.78, 5) is 18.2. The van der Waals surface area contributed by atoms with E-state index in [0.717, 1.165) is 67.7 Å². The normalized spacial score (nSPS) is 42.0. The molecule has 6 unspecified atom stereocenters. The number of nitrogens with zero attached hydrogens (tertiary/aromatic N) is 2. The maximum Gasteiger partial charge on any atom is 0.139 e. The van der Waals surface area contributed by atoms with Crippen LogP contribution in [0, 0.1) is 41.4 Å². The van der Waals surface area contributed by atoms with Gasteiger partial charge in [0, 0.05) is 24.3 Å². The summed E-state index contributed by atoms with van der Waals surface area (Å²) in [6, 6.07) is 1.95. The molecule has 30 heavy (non-hydrogen) atoms. The summed E-state index contributed by atoms with van der Waals surface area (Å²) < 4.78 is 5.10. The van der Waals surface area contributed by atoms with Crippen LogP contribution in [0.5, 0.6) is 0 Å². The Morgan fingerprint density at radius 3 is 2.83 bits per heavy atom. The first-order valence-corrected chi connectivity index (χ1v) is 12.0. The van der Waals surface area contributed by atoms with Crippen molar-refractivity contribution in [2.24, 2.45) is 39.7 Å². The van der Waals surface area contributed by atoms with Crippen LogP contribution in [0.25, 0.3) is 0 Å². The van der Waals surface area contributed by atoms with Crippen molar-refractivity contribution in [2.45, 2.75) is 85.0 Å². The van der Waals surface area contributed by atoms with Crippen LogP contribution in [-0.2, 0) is 16.1 Å². The number of rotatable bonds is 4. The van der Waals surface area contributed by atoms with E-state index in [1.165, 1.54) is 31.4 Å². The molecule has 164 valence electrons. The van der Waals surface area contributed by atoms with Gasteiger partial charge < -0.3 is 9.36 Å². The number of carbonyl (C=O) groups is 1. The second-order valence-electron chi connectivity index (χ2n) is 10.9. The van der Waals surface area contributed by atoms with Crippen LogP contribution in [0.15, 0.2) is 15.7 Å². The number of hydrogen-bond acceptors (Lipinski definition) is 5. The van der Waals surface area contributed by atoms with Crippen molar-refractivity contribution < 1.29 is 14.2 Å². The Hall–Kier alpha value is -1.65. The van der Waals surface area contributed by atoms with Crippen LogP contribution < -0.4 is 0 Å². The van der Waals surface area contributed by atoms with E-state index in [0.29, 0.717) is 23.7 Å². The number of carbonyl (C=O) groups excluding carboxylic acids is 1. The van der Waals surface area contributed by atoms with Gasteiger partial charge in [-0.3, -0.25) is 4.79 Å². The van der Waals surface area contributed by atoms with E-state index >= 15 is 0 Å². The average molecular weight is 413 g/mol. The second kappa shape index (κ2) is 7.49. The Morgan fingerprint density at radius 2 is 2.03 bits per heavy atom. The van der Waals surface area contributed by atoms with Crippen molar-refractivity contribution in [3.05, 3.63) is 17.5 Å². The highest BCUT2D eigenvalue weighted by atomic mass is 16.6. The van der Waals surface area contributed by atoms with Gasteiger partial charge in [-0.25, -0.2) is 0 Å². The van der Waals surface area contributed by atoms with Crippen LogP contribution >= 0.6 is 0 Å². The Kier molecular flexibility index (Phi) is 5.06. The predicted octanol–water partition coefficient (Wildman–Crippen LogP) is 5.51. The molecule has 1 heterocycles. The van der Waals surface area contributed by atoms with Crippen molar-refractivity contribution >= 4 is 11.5 Å². The number of aryl methyl sites for hydroxylation is 1. The molecule has 4 fully saturated rings. The Balaban J connectivity index is 1.21. The summed E-state index contributed by atoms with van der Waals surface area (Å²) in [5.74, 6) is 4.29. The lowest BCUT2D eigenvalue weighted by Gasteiger charge is -2.59. The molecule has 0 spiro atoms. The molecule has 0 radical (unpaired) electrons. The lowest BCUT2D eigenvalue weighted by molar-refractivity contribution is -0.137. The third kappa shape index (κ3) is 3.23. The van der Waals surface area contributed by atoms with Crippen LogP contribution in [0.4, 0.5) is 0 Å². The molecule has 0 aliphatic heterocycles. The smallest absolute Gasteiger partial charge is 0.139 e. The molecular weight excluding hydrogens is 376 g/mol. The van der Waals surface area contributed by atoms with E-state index in [2.05, 4.69) is 24.2 Å². The van der Waals surface area contributed by atoms with E-state index in [4.69, 9.17) is 9.36 Å². The summed E-state index contributed by atoms with van der Waals surface area (Å²) in [6.45, 7) is 7.29. The maximum absolute atomic E-state index is 12.6. The highest BCUT2D eigenvalue weighted by Crippen LogP contribution is 2.65. The van der Waals surface area contributed by atoms with Crippen LogP contribution in [0.2, 0.25) is 0 Å². The number of fused-ring (bicyclic) bond motifs is 5. The molecule has 4 aliphatic carbocycles. The zero-order valence-electron chi connectivity index (χ0n) is 18.8. The first-order chi connectivity index (χ1) is 14.4. The number of oxime groups is 1. The molecule has 0 amide bonds. The van der Waals surface area contributed by atoms with Crippen LogP contribution in [0.3, 0.4) is 0 Å². The van der Waals surface area contributed by atoms with Gasteiger partial charge in [-0.05, 0) is 87.4 Å². The minimum Gasteiger partial charge on any atom is -0.395 e. The molecule has 4 saturated carbocycles. The Morgan fingerprint density at radius 1 is 1.17 bits per heavy atom. The number of ketones is 1. The average Bonchev–Trinajstić information content (AvgIpc) is 3.28. The fourth-order valence-electron chi connectivity index (χ4n) is 7.74. The Labute approximate surface area is 180 Å². The monoisotopic (exact) mass is 412 g/mol. The summed E-state index contributed by atoms with van der Waals surface area (Å²) >= 11 is 0. The van der Waals surface area contributed by atoms with Gasteiger partial charge in [0.05, 0.1) is 11.4 Å².